The van der Waals surface area contributed by atoms with Crippen molar-refractivity contribution in [1.29, 1.82) is 0 Å². The maximum absolute atomic E-state index is 12.4. The van der Waals surface area contributed by atoms with E-state index in [1.165, 1.54) is 6.92 Å². The van der Waals surface area contributed by atoms with Crippen LogP contribution in [0.2, 0.25) is 0 Å². The van der Waals surface area contributed by atoms with Crippen molar-refractivity contribution < 1.29 is 24.3 Å². The highest BCUT2D eigenvalue weighted by molar-refractivity contribution is 7.80. The Morgan fingerprint density at radius 2 is 1.82 bits per heavy atom. The molecule has 0 saturated carbocycles. The molecule has 0 aromatic carbocycles. The van der Waals surface area contributed by atoms with Crippen LogP contribution in [-0.4, -0.2) is 71.8 Å². The predicted octanol–water partition coefficient (Wildman–Crippen LogP) is -1.64. The Bertz CT molecular complexity index is 556. The van der Waals surface area contributed by atoms with Crippen LogP contribution in [0.4, 0.5) is 0 Å². The Labute approximate surface area is 170 Å². The molecule has 10 nitrogen and oxygen atoms in total. The van der Waals surface area contributed by atoms with E-state index >= 15 is 0 Å². The van der Waals surface area contributed by atoms with Crippen LogP contribution in [0.25, 0.3) is 0 Å². The van der Waals surface area contributed by atoms with E-state index in [1.54, 1.807) is 0 Å². The van der Waals surface area contributed by atoms with Crippen molar-refractivity contribution in [2.24, 2.45) is 5.73 Å². The molecule has 11 heteroatoms. The molecule has 1 saturated heterocycles. The van der Waals surface area contributed by atoms with E-state index in [4.69, 9.17) is 10.8 Å². The fourth-order valence-electron chi connectivity index (χ4n) is 2.80. The fraction of sp³-hybridized carbons (Fsp3) is 0.765. The summed E-state index contributed by atoms with van der Waals surface area (Å²) in [5.74, 6) is -2.67. The summed E-state index contributed by atoms with van der Waals surface area (Å²) in [5, 5.41) is 19.7. The second-order valence-electron chi connectivity index (χ2n) is 6.81. The van der Waals surface area contributed by atoms with E-state index in [2.05, 4.69) is 33.9 Å². The minimum absolute atomic E-state index is 0.0780. The molecule has 0 aromatic rings. The third-order valence-electron chi connectivity index (χ3n) is 4.51. The number of amides is 3. The summed E-state index contributed by atoms with van der Waals surface area (Å²) in [6.45, 7) is 2.74. The number of unbranched alkanes of at least 4 members (excludes halogenated alkanes) is 1. The molecule has 3 amide bonds. The van der Waals surface area contributed by atoms with Crippen molar-refractivity contribution in [1.82, 2.24) is 21.3 Å². The molecule has 4 unspecified atom stereocenters. The van der Waals surface area contributed by atoms with Crippen molar-refractivity contribution in [3.63, 3.8) is 0 Å². The summed E-state index contributed by atoms with van der Waals surface area (Å²) in [4.78, 5) is 48.1. The summed E-state index contributed by atoms with van der Waals surface area (Å²) in [5.41, 5.74) is 5.47. The average Bonchev–Trinajstić information content (AvgIpc) is 3.19. The highest BCUT2D eigenvalue weighted by atomic mass is 32.1. The maximum atomic E-state index is 12.4. The van der Waals surface area contributed by atoms with Gasteiger partial charge in [0, 0.05) is 5.75 Å². The predicted molar refractivity (Wildman–Crippen MR) is 107 cm³/mol. The molecule has 7 N–H and O–H groups in total. The normalized spacial score (nSPS) is 19.3. The van der Waals surface area contributed by atoms with Crippen molar-refractivity contribution >= 4 is 36.3 Å². The van der Waals surface area contributed by atoms with E-state index in [0.29, 0.717) is 32.2 Å². The van der Waals surface area contributed by atoms with E-state index in [-0.39, 0.29) is 17.7 Å². The largest absolute Gasteiger partial charge is 0.480 e. The second-order valence-corrected chi connectivity index (χ2v) is 7.17. The lowest BCUT2D eigenvalue weighted by molar-refractivity contribution is -0.141. The number of hydrogen-bond donors (Lipinski definition) is 7. The van der Waals surface area contributed by atoms with Gasteiger partial charge >= 0.3 is 5.97 Å². The third kappa shape index (κ3) is 8.03. The standard InChI is InChI=1S/C17H31N5O5S/c1-10(20-15(24)11-6-4-8-19-11)14(23)21-12(5-2-3-7-18)16(25)22-13(9-28)17(26)27/h10-13,19,28H,2-9,18H2,1H3,(H,20,24)(H,21,23)(H,22,25)(H,26,27). The quantitative estimate of drug-likeness (QED) is 0.148. The summed E-state index contributed by atoms with van der Waals surface area (Å²) in [6.07, 6.45) is 3.16. The van der Waals surface area contributed by atoms with Crippen LogP contribution in [0.3, 0.4) is 0 Å². The van der Waals surface area contributed by atoms with Crippen LogP contribution in [-0.2, 0) is 19.2 Å². The van der Waals surface area contributed by atoms with Gasteiger partial charge in [-0.05, 0) is 52.1 Å². The number of hydrogen-bond acceptors (Lipinski definition) is 7. The van der Waals surface area contributed by atoms with Gasteiger partial charge in [0.25, 0.3) is 0 Å². The number of carboxylic acids is 1. The van der Waals surface area contributed by atoms with Gasteiger partial charge in [-0.15, -0.1) is 0 Å². The minimum Gasteiger partial charge on any atom is -0.480 e. The van der Waals surface area contributed by atoms with E-state index in [9.17, 15) is 19.2 Å². The Morgan fingerprint density at radius 3 is 2.36 bits per heavy atom. The molecule has 0 aliphatic carbocycles. The number of nitrogens with two attached hydrogens (primary N) is 1. The van der Waals surface area contributed by atoms with E-state index in [1.807, 2.05) is 0 Å². The second kappa shape index (κ2) is 12.6. The first kappa shape index (κ1) is 24.2. The van der Waals surface area contributed by atoms with Gasteiger partial charge in [-0.25, -0.2) is 4.79 Å². The smallest absolute Gasteiger partial charge is 0.327 e. The molecule has 28 heavy (non-hydrogen) atoms. The molecule has 0 aromatic heterocycles. The molecule has 0 spiro atoms. The van der Waals surface area contributed by atoms with E-state index < -0.39 is 35.9 Å². The number of nitrogens with one attached hydrogen (secondary N) is 4. The molecule has 1 rings (SSSR count). The summed E-state index contributed by atoms with van der Waals surface area (Å²) >= 11 is 3.91. The molecular formula is C17H31N5O5S. The van der Waals surface area contributed by atoms with Gasteiger partial charge in [0.2, 0.25) is 17.7 Å². The first-order valence-electron chi connectivity index (χ1n) is 9.48. The summed E-state index contributed by atoms with van der Waals surface area (Å²) in [7, 11) is 0. The minimum atomic E-state index is -1.21. The number of thiol groups is 1. The lowest BCUT2D eigenvalue weighted by atomic mass is 10.1. The van der Waals surface area contributed by atoms with E-state index in [0.717, 1.165) is 13.0 Å². The van der Waals surface area contributed by atoms with Gasteiger partial charge in [-0.3, -0.25) is 14.4 Å². The molecule has 0 radical (unpaired) electrons. The van der Waals surface area contributed by atoms with Crippen LogP contribution in [0, 0.1) is 0 Å². The topological polar surface area (TPSA) is 163 Å². The molecule has 1 fully saturated rings. The third-order valence-corrected chi connectivity index (χ3v) is 4.87. The highest BCUT2D eigenvalue weighted by Crippen LogP contribution is 2.06. The zero-order chi connectivity index (χ0) is 21.1. The first-order chi connectivity index (χ1) is 13.3. The summed E-state index contributed by atoms with van der Waals surface area (Å²) in [6, 6.07) is -3.23. The molecule has 160 valence electrons. The SMILES string of the molecule is CC(NC(=O)C1CCCN1)C(=O)NC(CCCCN)C(=O)NC(CS)C(=O)O. The number of carbonyl (C=O) groups excluding carboxylic acids is 3. The number of carbonyl (C=O) groups is 4. The van der Waals surface area contributed by atoms with Crippen LogP contribution >= 0.6 is 12.6 Å². The lowest BCUT2D eigenvalue weighted by Crippen LogP contribution is -2.56. The van der Waals surface area contributed by atoms with Gasteiger partial charge in [0.1, 0.15) is 18.1 Å². The van der Waals surface area contributed by atoms with Gasteiger partial charge in [0.05, 0.1) is 6.04 Å². The van der Waals surface area contributed by atoms with Gasteiger partial charge in [-0.2, -0.15) is 12.6 Å². The highest BCUT2D eigenvalue weighted by Gasteiger charge is 2.29. The molecule has 0 bridgehead atoms. The van der Waals surface area contributed by atoms with Gasteiger partial charge in [-0.1, -0.05) is 0 Å². The van der Waals surface area contributed by atoms with Crippen LogP contribution < -0.4 is 27.0 Å². The van der Waals surface area contributed by atoms with Crippen molar-refractivity contribution in [2.45, 2.75) is 63.2 Å². The Morgan fingerprint density at radius 1 is 1.14 bits per heavy atom. The van der Waals surface area contributed by atoms with Gasteiger partial charge < -0.3 is 32.1 Å². The number of carboxylic acid groups (broad SMARTS) is 1. The molecule has 1 aliphatic rings. The van der Waals surface area contributed by atoms with Crippen LogP contribution in [0.15, 0.2) is 0 Å². The average molecular weight is 418 g/mol. The molecule has 1 heterocycles. The molecule has 4 atom stereocenters. The van der Waals surface area contributed by atoms with Crippen molar-refractivity contribution in [2.75, 3.05) is 18.8 Å². The zero-order valence-corrected chi connectivity index (χ0v) is 17.0. The monoisotopic (exact) mass is 417 g/mol. The maximum Gasteiger partial charge on any atom is 0.327 e. The first-order valence-corrected chi connectivity index (χ1v) is 10.1. The molecule has 1 aliphatic heterocycles. The van der Waals surface area contributed by atoms with Gasteiger partial charge in [0.15, 0.2) is 0 Å². The van der Waals surface area contributed by atoms with Crippen molar-refractivity contribution in [3.05, 3.63) is 0 Å². The number of aliphatic carboxylic acids is 1. The fourth-order valence-corrected chi connectivity index (χ4v) is 3.05. The Hall–Kier alpha value is -1.85. The van der Waals surface area contributed by atoms with Crippen LogP contribution in [0.5, 0.6) is 0 Å². The number of rotatable bonds is 12. The lowest BCUT2D eigenvalue weighted by Gasteiger charge is -2.23. The summed E-state index contributed by atoms with van der Waals surface area (Å²) < 4.78 is 0. The Kier molecular flexibility index (Phi) is 10.9. The van der Waals surface area contributed by atoms with Crippen LogP contribution in [0.1, 0.15) is 39.0 Å². The van der Waals surface area contributed by atoms with Crippen molar-refractivity contribution in [3.8, 4) is 0 Å². The Balaban J connectivity index is 2.66. The zero-order valence-electron chi connectivity index (χ0n) is 16.1. The molecular weight excluding hydrogens is 386 g/mol.